The SMILES string of the molecule is N#Cc1ccc(Oc2nc(C(=O)NCl)c(C3CCCCC3)nc2N2CCC(C=O)CC2)cc1. The molecule has 1 aromatic carbocycles. The lowest BCUT2D eigenvalue weighted by atomic mass is 9.86. The summed E-state index contributed by atoms with van der Waals surface area (Å²) in [5, 5.41) is 9.05. The molecule has 9 heteroatoms. The van der Waals surface area contributed by atoms with Crippen LogP contribution in [0.3, 0.4) is 0 Å². The van der Waals surface area contributed by atoms with Gasteiger partial charge in [-0.05, 0) is 49.9 Å². The van der Waals surface area contributed by atoms with Crippen LogP contribution in [0.4, 0.5) is 5.82 Å². The Hall–Kier alpha value is -3.18. The summed E-state index contributed by atoms with van der Waals surface area (Å²) in [5.74, 6) is 0.909. The molecule has 0 unspecified atom stereocenters. The molecule has 1 saturated heterocycles. The number of piperidine rings is 1. The molecule has 1 aromatic heterocycles. The molecule has 1 N–H and O–H groups in total. The zero-order chi connectivity index (χ0) is 23.2. The van der Waals surface area contributed by atoms with Crippen LogP contribution in [0.25, 0.3) is 0 Å². The zero-order valence-electron chi connectivity index (χ0n) is 18.3. The number of rotatable bonds is 6. The number of carbonyl (C=O) groups excluding carboxylic acids is 2. The van der Waals surface area contributed by atoms with Crippen molar-refractivity contribution in [3.05, 3.63) is 41.2 Å². The summed E-state index contributed by atoms with van der Waals surface area (Å²) in [6.45, 7) is 1.29. The number of nitrogens with zero attached hydrogens (tertiary/aromatic N) is 4. The van der Waals surface area contributed by atoms with Gasteiger partial charge in [0.05, 0.1) is 17.3 Å². The highest BCUT2D eigenvalue weighted by atomic mass is 35.5. The quantitative estimate of drug-likeness (QED) is 0.492. The zero-order valence-corrected chi connectivity index (χ0v) is 19.1. The maximum absolute atomic E-state index is 12.6. The minimum absolute atomic E-state index is 0.0382. The third kappa shape index (κ3) is 5.25. The highest BCUT2D eigenvalue weighted by Gasteiger charge is 2.30. The van der Waals surface area contributed by atoms with Crippen molar-refractivity contribution in [3.8, 4) is 17.7 Å². The van der Waals surface area contributed by atoms with E-state index in [0.29, 0.717) is 35.9 Å². The summed E-state index contributed by atoms with van der Waals surface area (Å²) in [7, 11) is 0. The second-order valence-corrected chi connectivity index (χ2v) is 8.73. The minimum atomic E-state index is -0.513. The van der Waals surface area contributed by atoms with Crippen LogP contribution in [-0.4, -0.2) is 35.3 Å². The smallest absolute Gasteiger partial charge is 0.286 e. The summed E-state index contributed by atoms with van der Waals surface area (Å²) in [4.78, 5) is 37.7. The number of aldehydes is 1. The van der Waals surface area contributed by atoms with Crippen LogP contribution in [0.1, 0.15) is 72.6 Å². The Morgan fingerprint density at radius 3 is 2.42 bits per heavy atom. The van der Waals surface area contributed by atoms with E-state index in [2.05, 4.69) is 20.8 Å². The second-order valence-electron chi connectivity index (χ2n) is 8.54. The Morgan fingerprint density at radius 1 is 1.12 bits per heavy atom. The fourth-order valence-electron chi connectivity index (χ4n) is 4.53. The van der Waals surface area contributed by atoms with Crippen LogP contribution in [0.5, 0.6) is 11.6 Å². The molecule has 33 heavy (non-hydrogen) atoms. The van der Waals surface area contributed by atoms with Gasteiger partial charge < -0.3 is 14.4 Å². The van der Waals surface area contributed by atoms with Gasteiger partial charge in [-0.2, -0.15) is 5.26 Å². The molecule has 2 heterocycles. The molecule has 2 aliphatic rings. The predicted molar refractivity (Wildman–Crippen MR) is 123 cm³/mol. The number of ether oxygens (including phenoxy) is 1. The van der Waals surface area contributed by atoms with Crippen molar-refractivity contribution in [2.75, 3.05) is 18.0 Å². The molecule has 1 amide bonds. The highest BCUT2D eigenvalue weighted by molar-refractivity contribution is 6.24. The summed E-state index contributed by atoms with van der Waals surface area (Å²) < 4.78 is 6.08. The Labute approximate surface area is 198 Å². The molecular weight excluding hydrogens is 442 g/mol. The van der Waals surface area contributed by atoms with Crippen LogP contribution in [-0.2, 0) is 4.79 Å². The second kappa shape index (κ2) is 10.6. The van der Waals surface area contributed by atoms with Crippen LogP contribution in [0.2, 0.25) is 0 Å². The van der Waals surface area contributed by atoms with E-state index < -0.39 is 5.91 Å². The van der Waals surface area contributed by atoms with Gasteiger partial charge in [-0.15, -0.1) is 0 Å². The van der Waals surface area contributed by atoms with Crippen LogP contribution in [0.15, 0.2) is 24.3 Å². The molecule has 2 fully saturated rings. The molecule has 2 aromatic rings. The molecule has 0 bridgehead atoms. The lowest BCUT2D eigenvalue weighted by Crippen LogP contribution is -2.35. The molecule has 0 radical (unpaired) electrons. The molecule has 4 rings (SSSR count). The average molecular weight is 468 g/mol. The molecule has 8 nitrogen and oxygen atoms in total. The van der Waals surface area contributed by atoms with Crippen LogP contribution in [0, 0.1) is 17.2 Å². The molecule has 1 saturated carbocycles. The van der Waals surface area contributed by atoms with E-state index in [9.17, 15) is 9.59 Å². The first-order valence-corrected chi connectivity index (χ1v) is 11.7. The standard InChI is InChI=1S/C24H26ClN5O3/c25-29-23(32)21-20(18-4-2-1-3-5-18)27-22(30-12-10-17(15-31)11-13-30)24(28-21)33-19-8-6-16(14-26)7-9-19/h6-9,15,17-18H,1-5,10-13H2,(H,29,32). The van der Waals surface area contributed by atoms with Gasteiger partial charge in [0, 0.05) is 36.7 Å². The summed E-state index contributed by atoms with van der Waals surface area (Å²) >= 11 is 5.68. The molecule has 0 spiro atoms. The van der Waals surface area contributed by atoms with Crippen molar-refractivity contribution in [2.24, 2.45) is 5.92 Å². The van der Waals surface area contributed by atoms with Crippen LogP contribution < -0.4 is 14.5 Å². The van der Waals surface area contributed by atoms with Gasteiger partial charge >= 0.3 is 0 Å². The van der Waals surface area contributed by atoms with Gasteiger partial charge in [0.25, 0.3) is 11.8 Å². The van der Waals surface area contributed by atoms with Crippen LogP contribution >= 0.6 is 11.8 Å². The normalized spacial score (nSPS) is 17.3. The molecule has 1 aliphatic carbocycles. The third-order valence-corrected chi connectivity index (χ3v) is 6.57. The predicted octanol–water partition coefficient (Wildman–Crippen LogP) is 4.49. The van der Waals surface area contributed by atoms with E-state index in [0.717, 1.165) is 44.8 Å². The highest BCUT2D eigenvalue weighted by Crippen LogP contribution is 2.38. The number of benzene rings is 1. The van der Waals surface area contributed by atoms with E-state index in [4.69, 9.17) is 26.8 Å². The summed E-state index contributed by atoms with van der Waals surface area (Å²) in [6, 6.07) is 8.74. The number of nitriles is 1. The number of nitrogens with one attached hydrogen (secondary N) is 1. The van der Waals surface area contributed by atoms with Gasteiger partial charge in [0.1, 0.15) is 12.0 Å². The Bertz CT molecular complexity index is 1040. The molecule has 0 atom stereocenters. The fraction of sp³-hybridized carbons (Fsp3) is 0.458. The summed E-state index contributed by atoms with van der Waals surface area (Å²) in [6.07, 6.45) is 7.69. The lowest BCUT2D eigenvalue weighted by Gasteiger charge is -2.32. The van der Waals surface area contributed by atoms with E-state index in [1.165, 1.54) is 6.42 Å². The van der Waals surface area contributed by atoms with E-state index >= 15 is 0 Å². The first-order valence-electron chi connectivity index (χ1n) is 11.3. The largest absolute Gasteiger partial charge is 0.436 e. The fourth-order valence-corrected chi connectivity index (χ4v) is 4.62. The number of anilines is 1. The van der Waals surface area contributed by atoms with Gasteiger partial charge in [0.15, 0.2) is 11.5 Å². The average Bonchev–Trinajstić information content (AvgIpc) is 2.89. The number of hydrogen-bond donors (Lipinski definition) is 1. The Balaban J connectivity index is 1.76. The van der Waals surface area contributed by atoms with Gasteiger partial charge in [-0.3, -0.25) is 9.63 Å². The van der Waals surface area contributed by atoms with Gasteiger partial charge in [-0.1, -0.05) is 19.3 Å². The number of halogens is 1. The lowest BCUT2D eigenvalue weighted by molar-refractivity contribution is -0.111. The van der Waals surface area contributed by atoms with E-state index in [1.807, 2.05) is 0 Å². The third-order valence-electron chi connectivity index (χ3n) is 6.40. The van der Waals surface area contributed by atoms with Crippen molar-refractivity contribution < 1.29 is 14.3 Å². The van der Waals surface area contributed by atoms with Crippen molar-refractivity contribution in [1.82, 2.24) is 14.8 Å². The Kier molecular flexibility index (Phi) is 7.40. The topological polar surface area (TPSA) is 108 Å². The number of hydrogen-bond acceptors (Lipinski definition) is 7. The minimum Gasteiger partial charge on any atom is -0.436 e. The molecule has 1 aliphatic heterocycles. The van der Waals surface area contributed by atoms with Crippen molar-refractivity contribution in [1.29, 1.82) is 5.26 Å². The molecule has 172 valence electrons. The first-order chi connectivity index (χ1) is 16.1. The number of carbonyl (C=O) groups is 2. The first kappa shape index (κ1) is 23.0. The van der Waals surface area contributed by atoms with Crippen molar-refractivity contribution in [3.63, 3.8) is 0 Å². The molecular formula is C24H26ClN5O3. The monoisotopic (exact) mass is 467 g/mol. The Morgan fingerprint density at radius 2 is 1.82 bits per heavy atom. The van der Waals surface area contributed by atoms with Gasteiger partial charge in [0.2, 0.25) is 0 Å². The number of amides is 1. The van der Waals surface area contributed by atoms with Crippen molar-refractivity contribution >= 4 is 29.8 Å². The van der Waals surface area contributed by atoms with Crippen molar-refractivity contribution in [2.45, 2.75) is 50.9 Å². The maximum Gasteiger partial charge on any atom is 0.286 e. The van der Waals surface area contributed by atoms with E-state index in [1.54, 1.807) is 24.3 Å². The van der Waals surface area contributed by atoms with Gasteiger partial charge in [-0.25, -0.2) is 9.97 Å². The number of aromatic nitrogens is 2. The maximum atomic E-state index is 12.6. The van der Waals surface area contributed by atoms with E-state index in [-0.39, 0.29) is 23.4 Å². The summed E-state index contributed by atoms with van der Waals surface area (Å²) in [5.41, 5.74) is 1.33.